The summed E-state index contributed by atoms with van der Waals surface area (Å²) < 4.78 is 24.7. The minimum absolute atomic E-state index is 0.177. The number of pyridine rings is 2. The molecule has 1 N–H and O–H groups in total. The zero-order chi connectivity index (χ0) is 31.4. The van der Waals surface area contributed by atoms with Crippen LogP contribution in [0.4, 0.5) is 11.4 Å². The zero-order valence-corrected chi connectivity index (χ0v) is 26.3. The lowest BCUT2D eigenvalue weighted by Crippen LogP contribution is -2.37. The van der Waals surface area contributed by atoms with Crippen LogP contribution in [0.2, 0.25) is 10.0 Å². The van der Waals surface area contributed by atoms with Crippen LogP contribution < -0.4 is 24.4 Å². The molecule has 2 atom stereocenters. The van der Waals surface area contributed by atoms with Gasteiger partial charge in [-0.3, -0.25) is 14.2 Å². The largest absolute Gasteiger partial charge is 0.496 e. The molecular weight excluding hydrogens is 617 g/mol. The third kappa shape index (κ3) is 4.80. The number of carbonyl (C=O) groups is 1. The van der Waals surface area contributed by atoms with Crippen molar-refractivity contribution in [2.24, 2.45) is 0 Å². The number of anilines is 2. The highest BCUT2D eigenvalue weighted by Gasteiger charge is 2.40. The number of hydrogen-bond acceptors (Lipinski definition) is 8. The Morgan fingerprint density at radius 1 is 1.02 bits per heavy atom. The first kappa shape index (κ1) is 29.2. The molecule has 5 aromatic rings. The molecule has 2 saturated heterocycles. The van der Waals surface area contributed by atoms with Crippen LogP contribution in [-0.4, -0.2) is 66.9 Å². The number of morpholine rings is 1. The molecule has 2 aromatic carbocycles. The Morgan fingerprint density at radius 2 is 1.78 bits per heavy atom. The molecule has 45 heavy (non-hydrogen) atoms. The maximum Gasteiger partial charge on any atom is 0.247 e. The van der Waals surface area contributed by atoms with E-state index in [0.717, 1.165) is 29.6 Å². The van der Waals surface area contributed by atoms with Gasteiger partial charge in [0.25, 0.3) is 0 Å². The van der Waals surface area contributed by atoms with Gasteiger partial charge in [0.1, 0.15) is 22.9 Å². The van der Waals surface area contributed by atoms with Gasteiger partial charge in [0, 0.05) is 59.3 Å². The number of nitrogens with one attached hydrogen (secondary N) is 1. The molecule has 2 aliphatic rings. The quantitative estimate of drug-likeness (QED) is 0.187. The van der Waals surface area contributed by atoms with E-state index in [9.17, 15) is 4.79 Å². The van der Waals surface area contributed by atoms with Crippen molar-refractivity contribution in [3.63, 3.8) is 0 Å². The summed E-state index contributed by atoms with van der Waals surface area (Å²) in [6, 6.07) is 9.65. The van der Waals surface area contributed by atoms with Crippen LogP contribution in [0, 0.1) is 0 Å². The number of amides is 1. The molecule has 2 fully saturated rings. The number of hydrogen-bond donors (Lipinski definition) is 1. The van der Waals surface area contributed by atoms with Crippen molar-refractivity contribution in [3.8, 4) is 39.6 Å². The van der Waals surface area contributed by atoms with E-state index in [1.807, 2.05) is 34.9 Å². The standard InChI is InChI=1S/C33H29Cl2N5O5/c1-5-29(41)38-23-10-20(26(42-2)12-25(23)40-15-19-9-18(40)16-45-19)22-11-24-17(14-37-22)8-21(33-36-6-7-39(24)33)30-31(34)27(43-3)13-28(44-4)32(30)35/h5-8,10-14,18-19H,1,9,15-16H2,2-4H3,(H,38,41)/t18-,19-/m0/s1. The number of imidazole rings is 1. The topological polar surface area (TPSA) is 99.5 Å². The van der Waals surface area contributed by atoms with E-state index in [1.165, 1.54) is 20.3 Å². The Balaban J connectivity index is 1.39. The number of ether oxygens (including phenoxy) is 4. The number of aromatic nitrogens is 3. The van der Waals surface area contributed by atoms with Crippen molar-refractivity contribution in [2.75, 3.05) is 44.7 Å². The number of rotatable bonds is 8. The van der Waals surface area contributed by atoms with Gasteiger partial charge >= 0.3 is 0 Å². The summed E-state index contributed by atoms with van der Waals surface area (Å²) in [6.45, 7) is 5.02. The average molecular weight is 647 g/mol. The van der Waals surface area contributed by atoms with Gasteiger partial charge in [0.05, 0.1) is 72.7 Å². The van der Waals surface area contributed by atoms with E-state index in [2.05, 4.69) is 21.8 Å². The van der Waals surface area contributed by atoms with E-state index in [-0.39, 0.29) is 18.1 Å². The molecule has 2 aliphatic heterocycles. The van der Waals surface area contributed by atoms with Crippen molar-refractivity contribution in [1.82, 2.24) is 14.4 Å². The van der Waals surface area contributed by atoms with Gasteiger partial charge < -0.3 is 29.2 Å². The van der Waals surface area contributed by atoms with Gasteiger partial charge in [-0.25, -0.2) is 4.98 Å². The van der Waals surface area contributed by atoms with E-state index < -0.39 is 0 Å². The van der Waals surface area contributed by atoms with Crippen molar-refractivity contribution >= 4 is 57.0 Å². The fourth-order valence-corrected chi connectivity index (χ4v) is 7.00. The van der Waals surface area contributed by atoms with Gasteiger partial charge in [-0.2, -0.15) is 0 Å². The van der Waals surface area contributed by atoms with Crippen LogP contribution in [0.25, 0.3) is 38.9 Å². The van der Waals surface area contributed by atoms with Crippen LogP contribution in [0.3, 0.4) is 0 Å². The maximum absolute atomic E-state index is 12.5. The van der Waals surface area contributed by atoms with Crippen molar-refractivity contribution in [3.05, 3.63) is 71.6 Å². The third-order valence-electron chi connectivity index (χ3n) is 8.44. The number of methoxy groups -OCH3 is 3. The number of carbonyl (C=O) groups excluding carboxylic acids is 1. The predicted octanol–water partition coefficient (Wildman–Crippen LogP) is 6.65. The molecule has 0 radical (unpaired) electrons. The zero-order valence-electron chi connectivity index (χ0n) is 24.8. The molecule has 230 valence electrons. The lowest BCUT2D eigenvalue weighted by molar-refractivity contribution is -0.111. The Morgan fingerprint density at radius 3 is 2.42 bits per heavy atom. The minimum Gasteiger partial charge on any atom is -0.496 e. The van der Waals surface area contributed by atoms with E-state index >= 15 is 0 Å². The molecule has 0 saturated carbocycles. The Labute approximate surface area is 269 Å². The van der Waals surface area contributed by atoms with Crippen molar-refractivity contribution < 1.29 is 23.7 Å². The van der Waals surface area contributed by atoms with Crippen LogP contribution in [0.1, 0.15) is 6.42 Å². The van der Waals surface area contributed by atoms with Gasteiger partial charge in [0.2, 0.25) is 5.91 Å². The average Bonchev–Trinajstić information content (AvgIpc) is 3.83. The summed E-state index contributed by atoms with van der Waals surface area (Å²) in [5.74, 6) is 1.17. The molecule has 2 bridgehead atoms. The van der Waals surface area contributed by atoms with Gasteiger partial charge in [-0.15, -0.1) is 0 Å². The third-order valence-corrected chi connectivity index (χ3v) is 9.19. The Hall–Kier alpha value is -4.51. The molecular formula is C33H29Cl2N5O5. The Kier molecular flexibility index (Phi) is 7.43. The first-order chi connectivity index (χ1) is 21.8. The Bertz CT molecular complexity index is 1980. The van der Waals surface area contributed by atoms with Gasteiger partial charge in [0.15, 0.2) is 0 Å². The van der Waals surface area contributed by atoms with Crippen molar-refractivity contribution in [2.45, 2.75) is 18.6 Å². The van der Waals surface area contributed by atoms with E-state index in [4.69, 9.17) is 47.1 Å². The van der Waals surface area contributed by atoms with Crippen LogP contribution in [-0.2, 0) is 9.53 Å². The molecule has 5 heterocycles. The minimum atomic E-state index is -0.307. The maximum atomic E-state index is 12.5. The van der Waals surface area contributed by atoms with Gasteiger partial charge in [-0.1, -0.05) is 29.8 Å². The lowest BCUT2D eigenvalue weighted by Gasteiger charge is -2.31. The fourth-order valence-electron chi connectivity index (χ4n) is 6.30. The van der Waals surface area contributed by atoms with E-state index in [1.54, 1.807) is 25.6 Å². The predicted molar refractivity (Wildman–Crippen MR) is 175 cm³/mol. The second-order valence-electron chi connectivity index (χ2n) is 10.9. The summed E-state index contributed by atoms with van der Waals surface area (Å²) in [5, 5.41) is 4.49. The summed E-state index contributed by atoms with van der Waals surface area (Å²) in [7, 11) is 4.70. The fraction of sp³-hybridized carbons (Fsp3) is 0.242. The normalized spacial score (nSPS) is 17.2. The first-order valence-electron chi connectivity index (χ1n) is 14.2. The number of halogens is 2. The highest BCUT2D eigenvalue weighted by molar-refractivity contribution is 6.41. The second-order valence-corrected chi connectivity index (χ2v) is 11.6. The smallest absolute Gasteiger partial charge is 0.247 e. The molecule has 0 aliphatic carbocycles. The SMILES string of the molecule is C=CC(=O)Nc1cc(-c2cc3c(cn2)cc(-c2c(Cl)c(OC)cc(OC)c2Cl)c2nccn23)c(OC)cc1N1C[C@@H]2C[C@H]1CO2. The summed E-state index contributed by atoms with van der Waals surface area (Å²) in [4.78, 5) is 24.3. The molecule has 0 unspecified atom stereocenters. The molecule has 1 amide bonds. The molecule has 10 nitrogen and oxygen atoms in total. The molecule has 3 aromatic heterocycles. The summed E-state index contributed by atoms with van der Waals surface area (Å²) >= 11 is 13.6. The number of fused-ring (bicyclic) bond motifs is 5. The lowest BCUT2D eigenvalue weighted by atomic mass is 10.0. The summed E-state index contributed by atoms with van der Waals surface area (Å²) in [5.41, 5.74) is 5.57. The monoisotopic (exact) mass is 645 g/mol. The summed E-state index contributed by atoms with van der Waals surface area (Å²) in [6.07, 6.45) is 7.74. The molecule has 0 spiro atoms. The van der Waals surface area contributed by atoms with Crippen LogP contribution in [0.5, 0.6) is 17.2 Å². The number of nitrogens with zero attached hydrogens (tertiary/aromatic N) is 4. The van der Waals surface area contributed by atoms with Crippen LogP contribution >= 0.6 is 23.2 Å². The first-order valence-corrected chi connectivity index (χ1v) is 15.0. The van der Waals surface area contributed by atoms with E-state index in [0.29, 0.717) is 67.6 Å². The molecule has 12 heteroatoms. The van der Waals surface area contributed by atoms with Gasteiger partial charge in [-0.05, 0) is 30.7 Å². The highest BCUT2D eigenvalue weighted by Crippen LogP contribution is 2.48. The highest BCUT2D eigenvalue weighted by atomic mass is 35.5. The van der Waals surface area contributed by atoms with Crippen LogP contribution in [0.15, 0.2) is 61.6 Å². The molecule has 7 rings (SSSR count). The van der Waals surface area contributed by atoms with Crippen molar-refractivity contribution in [1.29, 1.82) is 0 Å². The number of benzene rings is 2. The second kappa shape index (κ2) is 11.4.